The molecule has 0 spiro atoms. The number of ether oxygens (including phenoxy) is 3. The van der Waals surface area contributed by atoms with Crippen molar-refractivity contribution in [1.82, 2.24) is 9.78 Å². The van der Waals surface area contributed by atoms with Crippen molar-refractivity contribution >= 4 is 17.3 Å². The van der Waals surface area contributed by atoms with Gasteiger partial charge in [-0.2, -0.15) is 5.10 Å². The number of carbonyl (C=O) groups is 1. The third kappa shape index (κ3) is 4.87. The largest absolute Gasteiger partial charge is 0.492 e. The number of rotatable bonds is 8. The molecule has 1 saturated heterocycles. The van der Waals surface area contributed by atoms with Crippen LogP contribution in [-0.4, -0.2) is 55.2 Å². The number of aryl methyl sites for hydroxylation is 1. The molecule has 1 fully saturated rings. The molecule has 34 heavy (non-hydrogen) atoms. The maximum Gasteiger partial charge on any atom is 0.259 e. The highest BCUT2D eigenvalue weighted by Crippen LogP contribution is 2.39. The Kier molecular flexibility index (Phi) is 7.37. The monoisotopic (exact) mass is 464 g/mol. The van der Waals surface area contributed by atoms with Gasteiger partial charge in [0.05, 0.1) is 60.4 Å². The molecule has 0 radical (unpaired) electrons. The Hall–Kier alpha value is -3.52. The normalized spacial score (nSPS) is 13.6. The molecular formula is C26H32N4O4. The standard InChI is InChI=1S/C26H32N4O4/c1-5-33-23-17-22(29-12-14-32-15-13-29)24(34-6-2)16-21(23)27-26(31)25-18(3)28-30(19(25)4)20-10-8-7-9-11-20/h7-11,16-17H,5-6,12-15H2,1-4H3,(H,27,31). The Morgan fingerprint density at radius 3 is 2.38 bits per heavy atom. The highest BCUT2D eigenvalue weighted by atomic mass is 16.5. The summed E-state index contributed by atoms with van der Waals surface area (Å²) in [6, 6.07) is 13.6. The van der Waals surface area contributed by atoms with Crippen molar-refractivity contribution in [3.8, 4) is 17.2 Å². The highest BCUT2D eigenvalue weighted by molar-refractivity contribution is 6.07. The number of para-hydroxylation sites is 1. The van der Waals surface area contributed by atoms with Crippen LogP contribution in [-0.2, 0) is 4.74 Å². The van der Waals surface area contributed by atoms with Gasteiger partial charge >= 0.3 is 0 Å². The van der Waals surface area contributed by atoms with E-state index in [4.69, 9.17) is 14.2 Å². The van der Waals surface area contributed by atoms with Gasteiger partial charge in [-0.3, -0.25) is 4.79 Å². The molecule has 3 aromatic rings. The van der Waals surface area contributed by atoms with E-state index in [1.807, 2.05) is 70.2 Å². The minimum atomic E-state index is -0.236. The second-order valence-corrected chi connectivity index (χ2v) is 8.03. The van der Waals surface area contributed by atoms with Crippen LogP contribution in [0.25, 0.3) is 5.69 Å². The first-order valence-electron chi connectivity index (χ1n) is 11.7. The molecule has 1 aromatic heterocycles. The number of anilines is 2. The van der Waals surface area contributed by atoms with Crippen LogP contribution >= 0.6 is 0 Å². The first-order chi connectivity index (χ1) is 16.5. The van der Waals surface area contributed by atoms with Crippen molar-refractivity contribution in [1.29, 1.82) is 0 Å². The fourth-order valence-electron chi connectivity index (χ4n) is 4.22. The molecule has 4 rings (SSSR count). The second kappa shape index (κ2) is 10.6. The number of nitrogens with zero attached hydrogens (tertiary/aromatic N) is 3. The van der Waals surface area contributed by atoms with Gasteiger partial charge in [-0.25, -0.2) is 4.68 Å². The quantitative estimate of drug-likeness (QED) is 0.533. The lowest BCUT2D eigenvalue weighted by molar-refractivity contribution is 0.102. The number of hydrogen-bond acceptors (Lipinski definition) is 6. The summed E-state index contributed by atoms with van der Waals surface area (Å²) < 4.78 is 19.2. The van der Waals surface area contributed by atoms with E-state index < -0.39 is 0 Å². The molecule has 2 aromatic carbocycles. The molecule has 1 aliphatic rings. The summed E-state index contributed by atoms with van der Waals surface area (Å²) in [5, 5.41) is 7.65. The van der Waals surface area contributed by atoms with E-state index in [0.29, 0.717) is 54.9 Å². The average molecular weight is 465 g/mol. The highest BCUT2D eigenvalue weighted by Gasteiger charge is 2.23. The fourth-order valence-corrected chi connectivity index (χ4v) is 4.22. The van der Waals surface area contributed by atoms with Gasteiger partial charge in [0.1, 0.15) is 11.5 Å². The van der Waals surface area contributed by atoms with E-state index in [9.17, 15) is 4.79 Å². The summed E-state index contributed by atoms with van der Waals surface area (Å²) >= 11 is 0. The van der Waals surface area contributed by atoms with Gasteiger partial charge in [-0.05, 0) is 39.8 Å². The first kappa shape index (κ1) is 23.6. The van der Waals surface area contributed by atoms with Gasteiger partial charge in [0, 0.05) is 25.2 Å². The predicted octanol–water partition coefficient (Wildman–Crippen LogP) is 4.38. The van der Waals surface area contributed by atoms with Crippen LogP contribution in [0.15, 0.2) is 42.5 Å². The summed E-state index contributed by atoms with van der Waals surface area (Å²) in [4.78, 5) is 15.6. The molecule has 0 aliphatic carbocycles. The van der Waals surface area contributed by atoms with E-state index in [-0.39, 0.29) is 5.91 Å². The van der Waals surface area contributed by atoms with Crippen LogP contribution in [0.4, 0.5) is 11.4 Å². The van der Waals surface area contributed by atoms with Gasteiger partial charge < -0.3 is 24.4 Å². The molecule has 1 aliphatic heterocycles. The smallest absolute Gasteiger partial charge is 0.259 e. The van der Waals surface area contributed by atoms with Crippen LogP contribution < -0.4 is 19.7 Å². The molecule has 0 atom stereocenters. The Bertz CT molecular complexity index is 1140. The Morgan fingerprint density at radius 2 is 1.71 bits per heavy atom. The predicted molar refractivity (Wildman–Crippen MR) is 133 cm³/mol. The molecule has 0 unspecified atom stereocenters. The molecule has 180 valence electrons. The Labute approximate surface area is 200 Å². The van der Waals surface area contributed by atoms with E-state index in [2.05, 4.69) is 15.3 Å². The summed E-state index contributed by atoms with van der Waals surface area (Å²) in [5.74, 6) is 1.07. The topological polar surface area (TPSA) is 77.8 Å². The summed E-state index contributed by atoms with van der Waals surface area (Å²) in [7, 11) is 0. The van der Waals surface area contributed by atoms with E-state index in [0.717, 1.165) is 30.2 Å². The van der Waals surface area contributed by atoms with E-state index in [1.54, 1.807) is 4.68 Å². The maximum absolute atomic E-state index is 13.4. The van der Waals surface area contributed by atoms with Crippen molar-refractivity contribution in [2.24, 2.45) is 0 Å². The van der Waals surface area contributed by atoms with Gasteiger partial charge in [0.25, 0.3) is 5.91 Å². The van der Waals surface area contributed by atoms with Gasteiger partial charge in [0.15, 0.2) is 0 Å². The third-order valence-corrected chi connectivity index (χ3v) is 5.78. The molecule has 2 heterocycles. The maximum atomic E-state index is 13.4. The van der Waals surface area contributed by atoms with Crippen molar-refractivity contribution in [3.63, 3.8) is 0 Å². The van der Waals surface area contributed by atoms with Gasteiger partial charge in [-0.15, -0.1) is 0 Å². The molecule has 1 N–H and O–H groups in total. The molecule has 8 nitrogen and oxygen atoms in total. The van der Waals surface area contributed by atoms with Gasteiger partial charge in [-0.1, -0.05) is 18.2 Å². The summed E-state index contributed by atoms with van der Waals surface area (Å²) in [6.45, 7) is 11.5. The SMILES string of the molecule is CCOc1cc(N2CCOCC2)c(OCC)cc1NC(=O)c1c(C)nn(-c2ccccc2)c1C. The number of nitrogens with one attached hydrogen (secondary N) is 1. The first-order valence-corrected chi connectivity index (χ1v) is 11.7. The van der Waals surface area contributed by atoms with E-state index in [1.165, 1.54) is 0 Å². The third-order valence-electron chi connectivity index (χ3n) is 5.78. The van der Waals surface area contributed by atoms with Crippen molar-refractivity contribution < 1.29 is 19.0 Å². The Morgan fingerprint density at radius 1 is 1.03 bits per heavy atom. The van der Waals surface area contributed by atoms with Crippen LogP contribution in [0.1, 0.15) is 35.6 Å². The average Bonchev–Trinajstić information content (AvgIpc) is 3.15. The number of hydrogen-bond donors (Lipinski definition) is 1. The van der Waals surface area contributed by atoms with Crippen LogP contribution in [0.2, 0.25) is 0 Å². The lowest BCUT2D eigenvalue weighted by atomic mass is 10.1. The van der Waals surface area contributed by atoms with Crippen LogP contribution in [0.5, 0.6) is 11.5 Å². The number of carbonyl (C=O) groups excluding carboxylic acids is 1. The Balaban J connectivity index is 1.68. The molecular weight excluding hydrogens is 432 g/mol. The number of benzene rings is 2. The van der Waals surface area contributed by atoms with E-state index >= 15 is 0 Å². The van der Waals surface area contributed by atoms with Gasteiger partial charge in [0.2, 0.25) is 0 Å². The van der Waals surface area contributed by atoms with Crippen molar-refractivity contribution in [3.05, 3.63) is 59.4 Å². The zero-order chi connectivity index (χ0) is 24.1. The van der Waals surface area contributed by atoms with Crippen molar-refractivity contribution in [2.75, 3.05) is 49.7 Å². The van der Waals surface area contributed by atoms with Crippen LogP contribution in [0.3, 0.4) is 0 Å². The lowest BCUT2D eigenvalue weighted by Gasteiger charge is -2.31. The second-order valence-electron chi connectivity index (χ2n) is 8.03. The fraction of sp³-hybridized carbons (Fsp3) is 0.385. The molecule has 8 heteroatoms. The zero-order valence-corrected chi connectivity index (χ0v) is 20.3. The number of aromatic nitrogens is 2. The lowest BCUT2D eigenvalue weighted by Crippen LogP contribution is -2.36. The minimum absolute atomic E-state index is 0.236. The molecule has 0 bridgehead atoms. The minimum Gasteiger partial charge on any atom is -0.492 e. The summed E-state index contributed by atoms with van der Waals surface area (Å²) in [6.07, 6.45) is 0. The van der Waals surface area contributed by atoms with Crippen molar-refractivity contribution in [2.45, 2.75) is 27.7 Å². The molecule has 0 saturated carbocycles. The number of morpholine rings is 1. The number of amides is 1. The van der Waals surface area contributed by atoms with Crippen LogP contribution in [0, 0.1) is 13.8 Å². The summed E-state index contributed by atoms with van der Waals surface area (Å²) in [5.41, 5.74) is 4.39. The zero-order valence-electron chi connectivity index (χ0n) is 20.3. The molecule has 1 amide bonds.